The summed E-state index contributed by atoms with van der Waals surface area (Å²) in [5.74, 6) is 0.687. The van der Waals surface area contributed by atoms with Crippen LogP contribution in [0, 0.1) is 5.92 Å². The Morgan fingerprint density at radius 3 is 2.36 bits per heavy atom. The fraction of sp³-hybridized carbons (Fsp3) is 1.00. The van der Waals surface area contributed by atoms with E-state index in [-0.39, 0.29) is 0 Å². The second kappa shape index (κ2) is 8.21. The molecule has 0 bridgehead atoms. The lowest BCUT2D eigenvalue weighted by Gasteiger charge is -2.31. The molecular weight excluding hydrogens is 176 g/mol. The summed E-state index contributed by atoms with van der Waals surface area (Å²) in [4.78, 5) is 2.44. The third-order valence-corrected chi connectivity index (χ3v) is 2.44. The van der Waals surface area contributed by atoms with Crippen molar-refractivity contribution in [3.8, 4) is 0 Å². The van der Waals surface area contributed by atoms with Crippen molar-refractivity contribution >= 4 is 0 Å². The van der Waals surface area contributed by atoms with Crippen molar-refractivity contribution in [1.82, 2.24) is 4.90 Å². The van der Waals surface area contributed by atoms with Gasteiger partial charge in [0, 0.05) is 32.8 Å². The summed E-state index contributed by atoms with van der Waals surface area (Å²) in [7, 11) is 1.75. The minimum Gasteiger partial charge on any atom is -0.383 e. The third kappa shape index (κ3) is 5.58. The average Bonchev–Trinajstić information content (AvgIpc) is 2.15. The third-order valence-electron chi connectivity index (χ3n) is 2.44. The van der Waals surface area contributed by atoms with Gasteiger partial charge in [0.25, 0.3) is 0 Å². The molecule has 0 aliphatic rings. The van der Waals surface area contributed by atoms with E-state index in [1.165, 1.54) is 0 Å². The Balaban J connectivity index is 4.06. The minimum absolute atomic E-state index is 0.507. The van der Waals surface area contributed by atoms with Crippen LogP contribution in [0.15, 0.2) is 0 Å². The lowest BCUT2D eigenvalue weighted by Crippen LogP contribution is -2.43. The van der Waals surface area contributed by atoms with Crippen molar-refractivity contribution in [3.05, 3.63) is 0 Å². The first-order chi connectivity index (χ1) is 6.65. The largest absolute Gasteiger partial charge is 0.383 e. The molecule has 3 nitrogen and oxygen atoms in total. The molecule has 0 saturated heterocycles. The molecule has 0 aromatic carbocycles. The average molecular weight is 202 g/mol. The highest BCUT2D eigenvalue weighted by Gasteiger charge is 2.15. The zero-order valence-electron chi connectivity index (χ0n) is 10.1. The number of hydrogen-bond donors (Lipinski definition) is 1. The molecule has 86 valence electrons. The molecule has 0 aromatic heterocycles. The maximum atomic E-state index is 5.75. The van der Waals surface area contributed by atoms with Crippen molar-refractivity contribution in [2.45, 2.75) is 33.2 Å². The fourth-order valence-corrected chi connectivity index (χ4v) is 1.67. The maximum Gasteiger partial charge on any atom is 0.0589 e. The topological polar surface area (TPSA) is 38.5 Å². The molecule has 0 saturated carbocycles. The van der Waals surface area contributed by atoms with Crippen LogP contribution in [-0.2, 0) is 4.74 Å². The van der Waals surface area contributed by atoms with Crippen LogP contribution in [0.2, 0.25) is 0 Å². The van der Waals surface area contributed by atoms with E-state index in [0.717, 1.165) is 32.7 Å². The van der Waals surface area contributed by atoms with Gasteiger partial charge < -0.3 is 10.5 Å². The lowest BCUT2D eigenvalue weighted by molar-refractivity contribution is 0.110. The van der Waals surface area contributed by atoms with Crippen molar-refractivity contribution in [2.75, 3.05) is 33.4 Å². The van der Waals surface area contributed by atoms with Gasteiger partial charge in [-0.1, -0.05) is 20.8 Å². The lowest BCUT2D eigenvalue weighted by atomic mass is 10.1. The molecule has 14 heavy (non-hydrogen) atoms. The first-order valence-electron chi connectivity index (χ1n) is 5.58. The number of methoxy groups -OCH3 is 1. The number of ether oxygens (including phenoxy) is 1. The van der Waals surface area contributed by atoms with Crippen LogP contribution in [0.4, 0.5) is 0 Å². The predicted molar refractivity (Wildman–Crippen MR) is 61.4 cm³/mol. The quantitative estimate of drug-likeness (QED) is 0.645. The Hall–Kier alpha value is -0.120. The summed E-state index contributed by atoms with van der Waals surface area (Å²) in [5.41, 5.74) is 5.75. The Kier molecular flexibility index (Phi) is 8.14. The molecule has 0 fully saturated rings. The highest BCUT2D eigenvalue weighted by atomic mass is 16.5. The molecule has 0 radical (unpaired) electrons. The van der Waals surface area contributed by atoms with Gasteiger partial charge in [-0.05, 0) is 12.3 Å². The molecule has 1 atom stereocenters. The van der Waals surface area contributed by atoms with Gasteiger partial charge in [-0.25, -0.2) is 0 Å². The monoisotopic (exact) mass is 202 g/mol. The maximum absolute atomic E-state index is 5.75. The van der Waals surface area contributed by atoms with E-state index >= 15 is 0 Å². The highest BCUT2D eigenvalue weighted by Crippen LogP contribution is 2.06. The molecular formula is C11H26N2O. The van der Waals surface area contributed by atoms with Gasteiger partial charge in [0.05, 0.1) is 6.61 Å². The molecule has 3 heteroatoms. The van der Waals surface area contributed by atoms with Gasteiger partial charge >= 0.3 is 0 Å². The Bertz CT molecular complexity index is 124. The number of hydrogen-bond acceptors (Lipinski definition) is 3. The van der Waals surface area contributed by atoms with Gasteiger partial charge in [0.15, 0.2) is 0 Å². The Morgan fingerprint density at radius 1 is 1.36 bits per heavy atom. The highest BCUT2D eigenvalue weighted by molar-refractivity contribution is 4.72. The van der Waals surface area contributed by atoms with E-state index < -0.39 is 0 Å². The molecule has 2 N–H and O–H groups in total. The van der Waals surface area contributed by atoms with Crippen LogP contribution < -0.4 is 5.73 Å². The molecule has 0 heterocycles. The van der Waals surface area contributed by atoms with E-state index in [1.54, 1.807) is 7.11 Å². The van der Waals surface area contributed by atoms with Crippen LogP contribution in [-0.4, -0.2) is 44.3 Å². The zero-order chi connectivity index (χ0) is 11.0. The van der Waals surface area contributed by atoms with E-state index in [9.17, 15) is 0 Å². The van der Waals surface area contributed by atoms with Crippen LogP contribution >= 0.6 is 0 Å². The van der Waals surface area contributed by atoms with Gasteiger partial charge in [-0.2, -0.15) is 0 Å². The van der Waals surface area contributed by atoms with Gasteiger partial charge in [0.1, 0.15) is 0 Å². The van der Waals surface area contributed by atoms with Crippen LogP contribution in [0.1, 0.15) is 27.2 Å². The summed E-state index contributed by atoms with van der Waals surface area (Å²) < 4.78 is 5.11. The molecule has 1 unspecified atom stereocenters. The molecule has 0 aliphatic carbocycles. The molecule has 0 aliphatic heterocycles. The fourth-order valence-electron chi connectivity index (χ4n) is 1.67. The van der Waals surface area contributed by atoms with Crippen molar-refractivity contribution in [1.29, 1.82) is 0 Å². The first-order valence-corrected chi connectivity index (χ1v) is 5.58. The summed E-state index contributed by atoms with van der Waals surface area (Å²) in [6.45, 7) is 10.3. The van der Waals surface area contributed by atoms with Crippen molar-refractivity contribution < 1.29 is 4.74 Å². The molecule has 0 spiro atoms. The van der Waals surface area contributed by atoms with E-state index in [2.05, 4.69) is 25.7 Å². The zero-order valence-corrected chi connectivity index (χ0v) is 10.1. The minimum atomic E-state index is 0.507. The van der Waals surface area contributed by atoms with Crippen molar-refractivity contribution in [3.63, 3.8) is 0 Å². The first kappa shape index (κ1) is 13.9. The Labute approximate surface area is 88.6 Å². The van der Waals surface area contributed by atoms with E-state index in [0.29, 0.717) is 12.0 Å². The summed E-state index contributed by atoms with van der Waals surface area (Å²) in [6.07, 6.45) is 1.12. The van der Waals surface area contributed by atoms with Gasteiger partial charge in [-0.15, -0.1) is 0 Å². The summed E-state index contributed by atoms with van der Waals surface area (Å²) in [5, 5.41) is 0. The smallest absolute Gasteiger partial charge is 0.0589 e. The van der Waals surface area contributed by atoms with Gasteiger partial charge in [0.2, 0.25) is 0 Å². The van der Waals surface area contributed by atoms with Crippen LogP contribution in [0.3, 0.4) is 0 Å². The van der Waals surface area contributed by atoms with Gasteiger partial charge in [-0.3, -0.25) is 4.90 Å². The number of nitrogens with two attached hydrogens (primary N) is 1. The number of nitrogens with zero attached hydrogens (tertiary/aromatic N) is 1. The molecule has 0 amide bonds. The van der Waals surface area contributed by atoms with Crippen molar-refractivity contribution in [2.24, 2.45) is 11.7 Å². The predicted octanol–water partition coefficient (Wildman–Crippen LogP) is 1.33. The second-order valence-corrected chi connectivity index (χ2v) is 4.18. The van der Waals surface area contributed by atoms with Crippen LogP contribution in [0.5, 0.6) is 0 Å². The summed E-state index contributed by atoms with van der Waals surface area (Å²) >= 11 is 0. The number of rotatable bonds is 8. The van der Waals surface area contributed by atoms with E-state index in [4.69, 9.17) is 10.5 Å². The standard InChI is InChI=1S/C11H26N2O/c1-5-11(8-12)13(6-7-14-4)9-10(2)3/h10-11H,5-9,12H2,1-4H3. The molecule has 0 aromatic rings. The van der Waals surface area contributed by atoms with Crippen LogP contribution in [0.25, 0.3) is 0 Å². The molecule has 0 rings (SSSR count). The van der Waals surface area contributed by atoms with E-state index in [1.807, 2.05) is 0 Å². The summed E-state index contributed by atoms with van der Waals surface area (Å²) in [6, 6.07) is 0.507. The SMILES string of the molecule is CCC(CN)N(CCOC)CC(C)C. The second-order valence-electron chi connectivity index (χ2n) is 4.18. The normalized spacial score (nSPS) is 13.9. The Morgan fingerprint density at radius 2 is 2.00 bits per heavy atom.